The van der Waals surface area contributed by atoms with E-state index >= 15 is 0 Å². The first-order chi connectivity index (χ1) is 14.1. The Labute approximate surface area is 177 Å². The molecule has 0 fully saturated rings. The van der Waals surface area contributed by atoms with E-state index in [1.54, 1.807) is 7.11 Å². The van der Waals surface area contributed by atoms with Crippen molar-refractivity contribution in [2.75, 3.05) is 32.5 Å². The molecule has 0 saturated carbocycles. The molecular weight excluding hydrogens is 382 g/mol. The highest BCUT2D eigenvalue weighted by atomic mass is 32.2. The van der Waals surface area contributed by atoms with E-state index in [2.05, 4.69) is 34.7 Å². The first kappa shape index (κ1) is 22.9. The normalized spacial score (nSPS) is 13.6. The van der Waals surface area contributed by atoms with Crippen LogP contribution in [-0.4, -0.2) is 42.7 Å². The van der Waals surface area contributed by atoms with E-state index in [0.29, 0.717) is 24.0 Å². The molecule has 29 heavy (non-hydrogen) atoms. The summed E-state index contributed by atoms with van der Waals surface area (Å²) in [6, 6.07) is 18.2. The van der Waals surface area contributed by atoms with Crippen LogP contribution < -0.4 is 15.4 Å². The predicted molar refractivity (Wildman–Crippen MR) is 123 cm³/mol. The Balaban J connectivity index is 1.75. The van der Waals surface area contributed by atoms with E-state index in [4.69, 9.17) is 4.74 Å². The van der Waals surface area contributed by atoms with Crippen LogP contribution >= 0.6 is 0 Å². The van der Waals surface area contributed by atoms with Gasteiger partial charge in [-0.1, -0.05) is 49.4 Å². The fourth-order valence-electron chi connectivity index (χ4n) is 2.93. The Kier molecular flexibility index (Phi) is 10.3. The molecule has 0 aromatic heterocycles. The van der Waals surface area contributed by atoms with Crippen molar-refractivity contribution < 1.29 is 8.95 Å². The average molecular weight is 416 g/mol. The molecule has 2 atom stereocenters. The van der Waals surface area contributed by atoms with Gasteiger partial charge >= 0.3 is 0 Å². The molecule has 0 heterocycles. The van der Waals surface area contributed by atoms with Gasteiger partial charge in [-0.15, -0.1) is 0 Å². The minimum atomic E-state index is -0.888. The number of benzene rings is 2. The lowest BCUT2D eigenvalue weighted by Crippen LogP contribution is -2.39. The van der Waals surface area contributed by atoms with E-state index in [1.165, 1.54) is 5.56 Å². The number of hydrogen-bond donors (Lipinski definition) is 2. The highest BCUT2D eigenvalue weighted by molar-refractivity contribution is 7.84. The first-order valence-corrected chi connectivity index (χ1v) is 11.7. The maximum Gasteiger partial charge on any atom is 0.191 e. The van der Waals surface area contributed by atoms with Crippen molar-refractivity contribution in [2.45, 2.75) is 31.9 Å². The van der Waals surface area contributed by atoms with E-state index in [-0.39, 0.29) is 0 Å². The second-order valence-electron chi connectivity index (χ2n) is 6.92. The molecule has 0 spiro atoms. The van der Waals surface area contributed by atoms with Gasteiger partial charge in [-0.3, -0.25) is 9.20 Å². The van der Waals surface area contributed by atoms with E-state index in [1.807, 2.05) is 49.4 Å². The second-order valence-corrected chi connectivity index (χ2v) is 8.50. The average Bonchev–Trinajstić information content (AvgIpc) is 2.74. The van der Waals surface area contributed by atoms with Crippen LogP contribution in [0.25, 0.3) is 0 Å². The van der Waals surface area contributed by atoms with Crippen LogP contribution in [0.4, 0.5) is 0 Å². The number of nitrogens with one attached hydrogen (secondary N) is 2. The molecule has 0 saturated heterocycles. The molecular formula is C23H33N3O2S. The Hall–Kier alpha value is -2.34. The number of nitrogens with zero attached hydrogens (tertiary/aromatic N) is 1. The number of methoxy groups -OCH3 is 1. The van der Waals surface area contributed by atoms with Crippen molar-refractivity contribution in [3.8, 4) is 5.75 Å². The monoisotopic (exact) mass is 415 g/mol. The third kappa shape index (κ3) is 8.69. The quantitative estimate of drug-likeness (QED) is 0.434. The molecule has 0 radical (unpaired) electrons. The van der Waals surface area contributed by atoms with Gasteiger partial charge in [0, 0.05) is 41.9 Å². The van der Waals surface area contributed by atoms with Crippen molar-refractivity contribution in [1.29, 1.82) is 0 Å². The zero-order valence-electron chi connectivity index (χ0n) is 17.7. The van der Waals surface area contributed by atoms with E-state index < -0.39 is 10.8 Å². The van der Waals surface area contributed by atoms with Crippen LogP contribution in [-0.2, 0) is 16.6 Å². The maximum atomic E-state index is 12.3. The van der Waals surface area contributed by atoms with Crippen molar-refractivity contribution in [1.82, 2.24) is 10.6 Å². The Morgan fingerprint density at radius 2 is 1.83 bits per heavy atom. The first-order valence-electron chi connectivity index (χ1n) is 10.2. The standard InChI is InChI=1S/C23H33N3O2S/c1-4-24-23(26-16-17-29(27)18-20-8-6-5-7-9-20)25-15-14-19(2)21-10-12-22(28-3)13-11-21/h5-13,19H,4,14-18H2,1-3H3,(H2,24,25,26). The lowest BCUT2D eigenvalue weighted by Gasteiger charge is -2.13. The number of hydrogen-bond acceptors (Lipinski definition) is 3. The molecule has 0 bridgehead atoms. The Morgan fingerprint density at radius 1 is 1.10 bits per heavy atom. The maximum absolute atomic E-state index is 12.3. The lowest BCUT2D eigenvalue weighted by atomic mass is 9.98. The zero-order valence-corrected chi connectivity index (χ0v) is 18.5. The fraction of sp³-hybridized carbons (Fsp3) is 0.435. The predicted octanol–water partition coefficient (Wildman–Crippen LogP) is 3.69. The number of aliphatic imine (C=N–C) groups is 1. The molecule has 6 heteroatoms. The molecule has 158 valence electrons. The van der Waals surface area contributed by atoms with Crippen LogP contribution in [0.1, 0.15) is 37.3 Å². The molecule has 2 aromatic carbocycles. The summed E-state index contributed by atoms with van der Waals surface area (Å²) in [5, 5.41) is 6.55. The highest BCUT2D eigenvalue weighted by Crippen LogP contribution is 2.21. The summed E-state index contributed by atoms with van der Waals surface area (Å²) in [5.41, 5.74) is 2.40. The van der Waals surface area contributed by atoms with Gasteiger partial charge in [0.15, 0.2) is 5.96 Å². The molecule has 2 unspecified atom stereocenters. The Bertz CT molecular complexity index is 763. The van der Waals surface area contributed by atoms with Gasteiger partial charge < -0.3 is 15.4 Å². The van der Waals surface area contributed by atoms with Crippen LogP contribution in [0.2, 0.25) is 0 Å². The fourth-order valence-corrected chi connectivity index (χ4v) is 3.96. The second kappa shape index (κ2) is 13.0. The number of rotatable bonds is 11. The highest BCUT2D eigenvalue weighted by Gasteiger charge is 2.06. The molecule has 0 aliphatic rings. The summed E-state index contributed by atoms with van der Waals surface area (Å²) in [7, 11) is 0.792. The SMILES string of the molecule is CCNC(=NCCC(C)c1ccc(OC)cc1)NCCS(=O)Cc1ccccc1. The van der Waals surface area contributed by atoms with Crippen molar-refractivity contribution in [3.05, 3.63) is 65.7 Å². The molecule has 0 aliphatic carbocycles. The molecule has 2 rings (SSSR count). The summed E-state index contributed by atoms with van der Waals surface area (Å²) in [4.78, 5) is 4.66. The Morgan fingerprint density at radius 3 is 2.48 bits per heavy atom. The summed E-state index contributed by atoms with van der Waals surface area (Å²) >= 11 is 0. The van der Waals surface area contributed by atoms with Crippen molar-refractivity contribution >= 4 is 16.8 Å². The summed E-state index contributed by atoms with van der Waals surface area (Å²) in [5.74, 6) is 3.27. The molecule has 5 nitrogen and oxygen atoms in total. The van der Waals surface area contributed by atoms with Crippen LogP contribution in [0.5, 0.6) is 5.75 Å². The van der Waals surface area contributed by atoms with Crippen molar-refractivity contribution in [2.24, 2.45) is 4.99 Å². The van der Waals surface area contributed by atoms with E-state index in [0.717, 1.165) is 36.8 Å². The van der Waals surface area contributed by atoms with Gasteiger partial charge in [0.05, 0.1) is 7.11 Å². The van der Waals surface area contributed by atoms with Crippen LogP contribution in [0.15, 0.2) is 59.6 Å². The number of guanidine groups is 1. The third-order valence-electron chi connectivity index (χ3n) is 4.65. The van der Waals surface area contributed by atoms with Gasteiger partial charge in [0.2, 0.25) is 0 Å². The van der Waals surface area contributed by atoms with Gasteiger partial charge in [-0.25, -0.2) is 0 Å². The minimum Gasteiger partial charge on any atom is -0.497 e. The third-order valence-corrected chi connectivity index (χ3v) is 5.97. The zero-order chi connectivity index (χ0) is 20.9. The number of ether oxygens (including phenoxy) is 1. The summed E-state index contributed by atoms with van der Waals surface area (Å²) in [6.07, 6.45) is 0.961. The van der Waals surface area contributed by atoms with Crippen molar-refractivity contribution in [3.63, 3.8) is 0 Å². The van der Waals surface area contributed by atoms with Gasteiger partial charge in [-0.2, -0.15) is 0 Å². The topological polar surface area (TPSA) is 62.7 Å². The van der Waals surface area contributed by atoms with Gasteiger partial charge in [-0.05, 0) is 42.5 Å². The minimum absolute atomic E-state index is 0.422. The molecule has 2 aromatic rings. The van der Waals surface area contributed by atoms with Crippen LogP contribution in [0.3, 0.4) is 0 Å². The smallest absolute Gasteiger partial charge is 0.191 e. The summed E-state index contributed by atoms with van der Waals surface area (Å²) < 4.78 is 17.5. The molecule has 0 aliphatic heterocycles. The molecule has 0 amide bonds. The lowest BCUT2D eigenvalue weighted by molar-refractivity contribution is 0.414. The molecule has 2 N–H and O–H groups in total. The summed E-state index contributed by atoms with van der Waals surface area (Å²) in [6.45, 7) is 6.43. The van der Waals surface area contributed by atoms with Gasteiger partial charge in [0.25, 0.3) is 0 Å². The largest absolute Gasteiger partial charge is 0.497 e. The van der Waals surface area contributed by atoms with Gasteiger partial charge in [0.1, 0.15) is 5.75 Å². The van der Waals surface area contributed by atoms with Crippen LogP contribution in [0, 0.1) is 0 Å². The van der Waals surface area contributed by atoms with E-state index in [9.17, 15) is 4.21 Å².